The van der Waals surface area contributed by atoms with Gasteiger partial charge in [0, 0.05) is 29.1 Å². The summed E-state index contributed by atoms with van der Waals surface area (Å²) >= 11 is 6.14. The summed E-state index contributed by atoms with van der Waals surface area (Å²) in [7, 11) is 2.98. The quantitative estimate of drug-likeness (QED) is 0.357. The van der Waals surface area contributed by atoms with Gasteiger partial charge in [-0.3, -0.25) is 9.59 Å². The first-order valence-electron chi connectivity index (χ1n) is 11.3. The minimum absolute atomic E-state index is 0.0597. The highest BCUT2D eigenvalue weighted by atomic mass is 35.5. The van der Waals surface area contributed by atoms with E-state index >= 15 is 0 Å². The molecule has 0 saturated carbocycles. The Kier molecular flexibility index (Phi) is 7.12. The Hall–Kier alpha value is -4.10. The third-order valence-corrected chi connectivity index (χ3v) is 6.36. The van der Waals surface area contributed by atoms with E-state index in [1.165, 1.54) is 25.6 Å². The maximum Gasteiger partial charge on any atom is 0.356 e. The van der Waals surface area contributed by atoms with Crippen LogP contribution in [0, 0.1) is 6.92 Å². The zero-order valence-corrected chi connectivity index (χ0v) is 21.1. The summed E-state index contributed by atoms with van der Waals surface area (Å²) in [6.45, 7) is 3.26. The standard InChI is InChI=1S/C28H25ClN2O5/c1-16-14-22(23(35-4)15-21(16)29)30-26(32)17(2)36-28(34)25-24(18-10-6-5-7-11-18)19-12-8-9-13-20(19)27(33)31(25)3/h5-15,17H,1-4H3,(H,30,32). The highest BCUT2D eigenvalue weighted by Crippen LogP contribution is 2.32. The third-order valence-electron chi connectivity index (χ3n) is 5.95. The molecule has 36 heavy (non-hydrogen) atoms. The van der Waals surface area contributed by atoms with Gasteiger partial charge in [-0.05, 0) is 42.5 Å². The second-order valence-corrected chi connectivity index (χ2v) is 8.75. The third kappa shape index (κ3) is 4.70. The Bertz CT molecular complexity index is 1530. The number of carbonyl (C=O) groups is 2. The summed E-state index contributed by atoms with van der Waals surface area (Å²) in [4.78, 5) is 39.4. The molecule has 1 N–H and O–H groups in total. The van der Waals surface area contributed by atoms with Gasteiger partial charge < -0.3 is 19.4 Å². The Balaban J connectivity index is 1.71. The fraction of sp³-hybridized carbons (Fsp3) is 0.179. The normalized spacial score (nSPS) is 11.7. The second-order valence-electron chi connectivity index (χ2n) is 8.34. The van der Waals surface area contributed by atoms with Crippen molar-refractivity contribution in [3.63, 3.8) is 0 Å². The number of hydrogen-bond donors (Lipinski definition) is 1. The summed E-state index contributed by atoms with van der Waals surface area (Å²) in [5.74, 6) is -0.975. The number of carbonyl (C=O) groups excluding carboxylic acids is 2. The number of aryl methyl sites for hydroxylation is 1. The topological polar surface area (TPSA) is 86.6 Å². The molecular formula is C28H25ClN2O5. The van der Waals surface area contributed by atoms with Crippen LogP contribution in [0.4, 0.5) is 5.69 Å². The van der Waals surface area contributed by atoms with Crippen LogP contribution >= 0.6 is 11.6 Å². The van der Waals surface area contributed by atoms with E-state index in [-0.39, 0.29) is 11.3 Å². The number of amides is 1. The fourth-order valence-corrected chi connectivity index (χ4v) is 4.19. The average molecular weight is 505 g/mol. The number of methoxy groups -OCH3 is 1. The number of halogens is 1. The molecule has 1 heterocycles. The van der Waals surface area contributed by atoms with Crippen molar-refractivity contribution in [3.8, 4) is 16.9 Å². The molecular weight excluding hydrogens is 480 g/mol. The molecule has 1 aromatic heterocycles. The van der Waals surface area contributed by atoms with Gasteiger partial charge in [-0.25, -0.2) is 4.79 Å². The van der Waals surface area contributed by atoms with Crippen LogP contribution < -0.4 is 15.6 Å². The van der Waals surface area contributed by atoms with Crippen molar-refractivity contribution in [3.05, 3.63) is 93.4 Å². The Morgan fingerprint density at radius 2 is 1.64 bits per heavy atom. The van der Waals surface area contributed by atoms with E-state index in [4.69, 9.17) is 21.1 Å². The highest BCUT2D eigenvalue weighted by Gasteiger charge is 2.27. The molecule has 1 amide bonds. The van der Waals surface area contributed by atoms with Gasteiger partial charge in [-0.2, -0.15) is 0 Å². The first kappa shape index (κ1) is 25.0. The van der Waals surface area contributed by atoms with Gasteiger partial charge in [-0.1, -0.05) is 60.1 Å². The maximum atomic E-state index is 13.4. The van der Waals surface area contributed by atoms with Crippen LogP contribution in [0.5, 0.6) is 5.75 Å². The Morgan fingerprint density at radius 1 is 1.00 bits per heavy atom. The number of nitrogens with zero attached hydrogens (tertiary/aromatic N) is 1. The molecule has 0 radical (unpaired) electrons. The number of fused-ring (bicyclic) bond motifs is 1. The number of hydrogen-bond acceptors (Lipinski definition) is 5. The lowest BCUT2D eigenvalue weighted by molar-refractivity contribution is -0.123. The lowest BCUT2D eigenvalue weighted by Crippen LogP contribution is -2.33. The molecule has 0 aliphatic heterocycles. The van der Waals surface area contributed by atoms with Gasteiger partial charge in [-0.15, -0.1) is 0 Å². The van der Waals surface area contributed by atoms with Crippen molar-refractivity contribution in [2.75, 3.05) is 12.4 Å². The molecule has 184 valence electrons. The van der Waals surface area contributed by atoms with Crippen molar-refractivity contribution in [1.82, 2.24) is 4.57 Å². The van der Waals surface area contributed by atoms with Gasteiger partial charge in [0.15, 0.2) is 6.10 Å². The van der Waals surface area contributed by atoms with E-state index in [9.17, 15) is 14.4 Å². The zero-order valence-electron chi connectivity index (χ0n) is 20.3. The molecule has 7 nitrogen and oxygen atoms in total. The molecule has 4 aromatic rings. The highest BCUT2D eigenvalue weighted by molar-refractivity contribution is 6.31. The number of ether oxygens (including phenoxy) is 2. The number of benzene rings is 3. The van der Waals surface area contributed by atoms with E-state index in [0.29, 0.717) is 32.8 Å². The van der Waals surface area contributed by atoms with Crippen molar-refractivity contribution < 1.29 is 19.1 Å². The maximum absolute atomic E-state index is 13.4. The summed E-state index contributed by atoms with van der Waals surface area (Å²) in [5.41, 5.74) is 2.17. The smallest absolute Gasteiger partial charge is 0.356 e. The monoisotopic (exact) mass is 504 g/mol. The minimum atomic E-state index is -1.16. The number of rotatable bonds is 6. The van der Waals surface area contributed by atoms with Crippen molar-refractivity contribution in [2.45, 2.75) is 20.0 Å². The van der Waals surface area contributed by atoms with E-state index in [0.717, 1.165) is 11.1 Å². The minimum Gasteiger partial charge on any atom is -0.495 e. The SMILES string of the molecule is COc1cc(Cl)c(C)cc1NC(=O)C(C)OC(=O)c1c(-c2ccccc2)c2ccccc2c(=O)n1C. The Labute approximate surface area is 213 Å². The zero-order chi connectivity index (χ0) is 26.0. The van der Waals surface area contributed by atoms with Crippen LogP contribution in [0.2, 0.25) is 5.02 Å². The van der Waals surface area contributed by atoms with Crippen LogP contribution in [-0.2, 0) is 16.6 Å². The molecule has 1 unspecified atom stereocenters. The van der Waals surface area contributed by atoms with Gasteiger partial charge in [0.2, 0.25) is 0 Å². The number of nitrogens with one attached hydrogen (secondary N) is 1. The Morgan fingerprint density at radius 3 is 2.31 bits per heavy atom. The van der Waals surface area contributed by atoms with Crippen molar-refractivity contribution in [1.29, 1.82) is 0 Å². The van der Waals surface area contributed by atoms with Crippen LogP contribution in [0.1, 0.15) is 23.0 Å². The van der Waals surface area contributed by atoms with Crippen LogP contribution in [0.15, 0.2) is 71.5 Å². The van der Waals surface area contributed by atoms with Crippen molar-refractivity contribution in [2.24, 2.45) is 7.05 Å². The molecule has 0 saturated heterocycles. The average Bonchev–Trinajstić information content (AvgIpc) is 2.88. The number of anilines is 1. The van der Waals surface area contributed by atoms with Crippen molar-refractivity contribution >= 4 is 39.9 Å². The molecule has 4 rings (SSSR count). The first-order valence-corrected chi connectivity index (χ1v) is 11.6. The molecule has 0 aliphatic carbocycles. The molecule has 0 aliphatic rings. The van der Waals surface area contributed by atoms with Crippen LogP contribution in [0.3, 0.4) is 0 Å². The number of pyridine rings is 1. The van der Waals surface area contributed by atoms with E-state index in [2.05, 4.69) is 5.32 Å². The molecule has 0 bridgehead atoms. The summed E-state index contributed by atoms with van der Waals surface area (Å²) in [5, 5.41) is 4.32. The van der Waals surface area contributed by atoms with Crippen LogP contribution in [0.25, 0.3) is 21.9 Å². The molecule has 8 heteroatoms. The summed E-state index contributed by atoms with van der Waals surface area (Å²) < 4.78 is 12.1. The number of aromatic nitrogens is 1. The van der Waals surface area contributed by atoms with Crippen LogP contribution in [-0.4, -0.2) is 29.7 Å². The lowest BCUT2D eigenvalue weighted by atomic mass is 9.97. The predicted octanol–water partition coefficient (Wildman–Crippen LogP) is 5.36. The van der Waals surface area contributed by atoms with Gasteiger partial charge in [0.25, 0.3) is 11.5 Å². The predicted molar refractivity (Wildman–Crippen MR) is 141 cm³/mol. The molecule has 1 atom stereocenters. The van der Waals surface area contributed by atoms with Gasteiger partial charge in [0.1, 0.15) is 11.4 Å². The summed E-state index contributed by atoms with van der Waals surface area (Å²) in [6.07, 6.45) is -1.16. The molecule has 3 aromatic carbocycles. The second kappa shape index (κ2) is 10.3. The van der Waals surface area contributed by atoms with E-state index in [1.807, 2.05) is 30.3 Å². The van der Waals surface area contributed by atoms with E-state index in [1.54, 1.807) is 43.3 Å². The number of esters is 1. The largest absolute Gasteiger partial charge is 0.495 e. The van der Waals surface area contributed by atoms with E-state index < -0.39 is 18.0 Å². The van der Waals surface area contributed by atoms with Gasteiger partial charge >= 0.3 is 5.97 Å². The molecule has 0 fully saturated rings. The lowest BCUT2D eigenvalue weighted by Gasteiger charge is -2.19. The first-order chi connectivity index (χ1) is 17.2. The van der Waals surface area contributed by atoms with Gasteiger partial charge in [0.05, 0.1) is 12.8 Å². The molecule has 0 spiro atoms. The summed E-state index contributed by atoms with van der Waals surface area (Å²) in [6, 6.07) is 19.6. The fourth-order valence-electron chi connectivity index (χ4n) is 4.04.